The van der Waals surface area contributed by atoms with Crippen molar-refractivity contribution in [1.82, 2.24) is 5.32 Å². The number of benzene rings is 2. The van der Waals surface area contributed by atoms with Crippen molar-refractivity contribution in [1.29, 1.82) is 0 Å². The number of rotatable bonds is 6. The highest BCUT2D eigenvalue weighted by atomic mass is 35.5. The lowest BCUT2D eigenvalue weighted by Crippen LogP contribution is -2.32. The summed E-state index contributed by atoms with van der Waals surface area (Å²) >= 11 is 6.00. The number of carbonyl (C=O) groups excluding carboxylic acids is 1. The maximum atomic E-state index is 11.8. The molecule has 3 N–H and O–H groups in total. The van der Waals surface area contributed by atoms with E-state index in [0.717, 1.165) is 5.75 Å². The van der Waals surface area contributed by atoms with E-state index >= 15 is 0 Å². The molecule has 0 bridgehead atoms. The second kappa shape index (κ2) is 8.41. The summed E-state index contributed by atoms with van der Waals surface area (Å²) in [6.45, 7) is 2.56. The van der Waals surface area contributed by atoms with Crippen molar-refractivity contribution in [2.75, 3.05) is 18.5 Å². The van der Waals surface area contributed by atoms with Gasteiger partial charge in [-0.25, -0.2) is 4.79 Å². The molecule has 0 aliphatic rings. The van der Waals surface area contributed by atoms with E-state index in [1.807, 2.05) is 6.92 Å². The summed E-state index contributed by atoms with van der Waals surface area (Å²) < 4.78 is 5.33. The summed E-state index contributed by atoms with van der Waals surface area (Å²) in [5.74, 6) is 0.743. The van der Waals surface area contributed by atoms with Crippen LogP contribution in [0.25, 0.3) is 0 Å². The number of hydrogen-bond donors (Lipinski definition) is 3. The maximum absolute atomic E-state index is 11.8. The van der Waals surface area contributed by atoms with E-state index in [0.29, 0.717) is 22.9 Å². The molecule has 0 aliphatic carbocycles. The van der Waals surface area contributed by atoms with Crippen LogP contribution in [0.3, 0.4) is 0 Å². The number of aliphatic hydroxyl groups excluding tert-OH is 1. The quantitative estimate of drug-likeness (QED) is 0.756. The van der Waals surface area contributed by atoms with Crippen molar-refractivity contribution in [3.63, 3.8) is 0 Å². The maximum Gasteiger partial charge on any atom is 0.319 e. The fourth-order valence-corrected chi connectivity index (χ4v) is 2.28. The molecule has 23 heavy (non-hydrogen) atoms. The molecule has 0 fully saturated rings. The Morgan fingerprint density at radius 1 is 1.22 bits per heavy atom. The average molecular weight is 335 g/mol. The topological polar surface area (TPSA) is 70.6 Å². The Labute approximate surface area is 140 Å². The summed E-state index contributed by atoms with van der Waals surface area (Å²) in [5, 5.41) is 15.8. The second-order valence-corrected chi connectivity index (χ2v) is 5.24. The fraction of sp³-hybridized carbons (Fsp3) is 0.235. The van der Waals surface area contributed by atoms with Crippen molar-refractivity contribution in [2.24, 2.45) is 0 Å². The van der Waals surface area contributed by atoms with Gasteiger partial charge in [0.25, 0.3) is 0 Å². The standard InChI is InChI=1S/C17H19ClN2O3/c1-2-23-13-9-7-12(8-10-13)20-17(22)19-11-16(21)14-5-3-4-6-15(14)18/h3-10,16,21H,2,11H2,1H3,(H2,19,20,22). The third-order valence-corrected chi connectivity index (χ3v) is 3.49. The molecule has 0 heterocycles. The number of amides is 2. The molecular formula is C17H19ClN2O3. The summed E-state index contributed by atoms with van der Waals surface area (Å²) in [6.07, 6.45) is -0.866. The molecule has 5 nitrogen and oxygen atoms in total. The minimum Gasteiger partial charge on any atom is -0.494 e. The van der Waals surface area contributed by atoms with Gasteiger partial charge in [-0.3, -0.25) is 0 Å². The third-order valence-electron chi connectivity index (χ3n) is 3.14. The summed E-state index contributed by atoms with van der Waals surface area (Å²) in [4.78, 5) is 11.8. The van der Waals surface area contributed by atoms with Gasteiger partial charge in [0.05, 0.1) is 12.7 Å². The largest absolute Gasteiger partial charge is 0.494 e. The van der Waals surface area contributed by atoms with E-state index in [1.54, 1.807) is 48.5 Å². The van der Waals surface area contributed by atoms with Crippen LogP contribution in [0.4, 0.5) is 10.5 Å². The summed E-state index contributed by atoms with van der Waals surface area (Å²) in [7, 11) is 0. The lowest BCUT2D eigenvalue weighted by molar-refractivity contribution is 0.175. The van der Waals surface area contributed by atoms with E-state index < -0.39 is 12.1 Å². The lowest BCUT2D eigenvalue weighted by Gasteiger charge is -2.14. The van der Waals surface area contributed by atoms with Crippen LogP contribution in [0, 0.1) is 0 Å². The van der Waals surface area contributed by atoms with Gasteiger partial charge in [0.15, 0.2) is 0 Å². The van der Waals surface area contributed by atoms with Crippen LogP contribution in [-0.4, -0.2) is 24.3 Å². The molecule has 0 spiro atoms. The summed E-state index contributed by atoms with van der Waals surface area (Å²) in [6, 6.07) is 13.6. The molecule has 2 aromatic carbocycles. The van der Waals surface area contributed by atoms with Crippen molar-refractivity contribution in [3.8, 4) is 5.75 Å². The molecule has 2 amide bonds. The molecule has 0 saturated carbocycles. The van der Waals surface area contributed by atoms with Gasteiger partial charge in [-0.2, -0.15) is 0 Å². The normalized spacial score (nSPS) is 11.6. The van der Waals surface area contributed by atoms with Gasteiger partial charge in [-0.05, 0) is 37.3 Å². The van der Waals surface area contributed by atoms with Crippen LogP contribution in [0.15, 0.2) is 48.5 Å². The van der Waals surface area contributed by atoms with Gasteiger partial charge < -0.3 is 20.5 Å². The number of nitrogens with one attached hydrogen (secondary N) is 2. The van der Waals surface area contributed by atoms with Gasteiger partial charge in [-0.1, -0.05) is 29.8 Å². The number of aliphatic hydroxyl groups is 1. The first-order chi connectivity index (χ1) is 11.1. The van der Waals surface area contributed by atoms with Crippen LogP contribution < -0.4 is 15.4 Å². The Morgan fingerprint density at radius 2 is 1.91 bits per heavy atom. The Balaban J connectivity index is 1.84. The SMILES string of the molecule is CCOc1ccc(NC(=O)NCC(O)c2ccccc2Cl)cc1. The zero-order valence-corrected chi connectivity index (χ0v) is 13.5. The Hall–Kier alpha value is -2.24. The van der Waals surface area contributed by atoms with Gasteiger partial charge in [-0.15, -0.1) is 0 Å². The molecule has 0 aliphatic heterocycles. The monoisotopic (exact) mass is 334 g/mol. The Kier molecular flexibility index (Phi) is 6.26. The van der Waals surface area contributed by atoms with Crippen LogP contribution >= 0.6 is 11.6 Å². The highest BCUT2D eigenvalue weighted by Gasteiger charge is 2.12. The molecule has 0 radical (unpaired) electrons. The molecule has 0 saturated heterocycles. The number of ether oxygens (including phenoxy) is 1. The van der Waals surface area contributed by atoms with Crippen LogP contribution in [0.5, 0.6) is 5.75 Å². The first-order valence-corrected chi connectivity index (χ1v) is 7.68. The Bertz CT molecular complexity index is 647. The highest BCUT2D eigenvalue weighted by Crippen LogP contribution is 2.22. The molecule has 2 aromatic rings. The molecular weight excluding hydrogens is 316 g/mol. The van der Waals surface area contributed by atoms with Crippen molar-refractivity contribution in [3.05, 3.63) is 59.1 Å². The van der Waals surface area contributed by atoms with Crippen molar-refractivity contribution < 1.29 is 14.6 Å². The van der Waals surface area contributed by atoms with Crippen LogP contribution in [0.2, 0.25) is 5.02 Å². The summed E-state index contributed by atoms with van der Waals surface area (Å²) in [5.41, 5.74) is 1.22. The number of urea groups is 1. The van der Waals surface area contributed by atoms with E-state index in [4.69, 9.17) is 16.3 Å². The van der Waals surface area contributed by atoms with Crippen LogP contribution in [0.1, 0.15) is 18.6 Å². The third kappa shape index (κ3) is 5.16. The second-order valence-electron chi connectivity index (χ2n) is 4.83. The van der Waals surface area contributed by atoms with Gasteiger partial charge in [0.1, 0.15) is 5.75 Å². The van der Waals surface area contributed by atoms with Crippen molar-refractivity contribution in [2.45, 2.75) is 13.0 Å². The number of hydrogen-bond acceptors (Lipinski definition) is 3. The molecule has 0 aromatic heterocycles. The smallest absolute Gasteiger partial charge is 0.319 e. The minimum absolute atomic E-state index is 0.0621. The average Bonchev–Trinajstić information content (AvgIpc) is 2.55. The number of anilines is 1. The van der Waals surface area contributed by atoms with Gasteiger partial charge in [0.2, 0.25) is 0 Å². The van der Waals surface area contributed by atoms with Gasteiger partial charge >= 0.3 is 6.03 Å². The lowest BCUT2D eigenvalue weighted by atomic mass is 10.1. The van der Waals surface area contributed by atoms with Crippen molar-refractivity contribution >= 4 is 23.3 Å². The predicted molar refractivity (Wildman–Crippen MR) is 91.0 cm³/mol. The Morgan fingerprint density at radius 3 is 2.57 bits per heavy atom. The molecule has 2 rings (SSSR count). The highest BCUT2D eigenvalue weighted by molar-refractivity contribution is 6.31. The zero-order valence-electron chi connectivity index (χ0n) is 12.8. The van der Waals surface area contributed by atoms with Crippen LogP contribution in [-0.2, 0) is 0 Å². The number of halogens is 1. The zero-order chi connectivity index (χ0) is 16.7. The fourth-order valence-electron chi connectivity index (χ4n) is 2.02. The first kappa shape index (κ1) is 17.1. The molecule has 6 heteroatoms. The van der Waals surface area contributed by atoms with E-state index in [9.17, 15) is 9.90 Å². The van der Waals surface area contributed by atoms with Gasteiger partial charge in [0, 0.05) is 22.8 Å². The molecule has 1 unspecified atom stereocenters. The molecule has 122 valence electrons. The molecule has 1 atom stereocenters. The predicted octanol–water partition coefficient (Wildman–Crippen LogP) is 3.59. The first-order valence-electron chi connectivity index (χ1n) is 7.30. The minimum atomic E-state index is -0.866. The number of carbonyl (C=O) groups is 1. The van der Waals surface area contributed by atoms with E-state index in [1.165, 1.54) is 0 Å². The van der Waals surface area contributed by atoms with E-state index in [-0.39, 0.29) is 6.54 Å². The van der Waals surface area contributed by atoms with E-state index in [2.05, 4.69) is 10.6 Å².